The van der Waals surface area contributed by atoms with E-state index in [2.05, 4.69) is 20.5 Å². The van der Waals surface area contributed by atoms with Crippen LogP contribution in [0.15, 0.2) is 24.3 Å². The summed E-state index contributed by atoms with van der Waals surface area (Å²) in [5.41, 5.74) is 6.63. The van der Waals surface area contributed by atoms with Gasteiger partial charge in [0.15, 0.2) is 5.82 Å². The van der Waals surface area contributed by atoms with Crippen LogP contribution >= 0.6 is 0 Å². The van der Waals surface area contributed by atoms with E-state index >= 15 is 0 Å². The predicted octanol–water partition coefficient (Wildman–Crippen LogP) is 0.521. The summed E-state index contributed by atoms with van der Waals surface area (Å²) in [4.78, 5) is 26.7. The Morgan fingerprint density at radius 1 is 1.43 bits per heavy atom. The Bertz CT molecular complexity index is 667. The van der Waals surface area contributed by atoms with Gasteiger partial charge in [0.05, 0.1) is 18.2 Å². The van der Waals surface area contributed by atoms with Gasteiger partial charge >= 0.3 is 5.97 Å². The molecule has 2 rings (SSSR count). The second-order valence-electron chi connectivity index (χ2n) is 4.48. The lowest BCUT2D eigenvalue weighted by Crippen LogP contribution is -2.37. The van der Waals surface area contributed by atoms with Gasteiger partial charge in [-0.2, -0.15) is 5.10 Å². The molecule has 110 valence electrons. The fourth-order valence-electron chi connectivity index (χ4n) is 1.76. The van der Waals surface area contributed by atoms with Crippen LogP contribution in [-0.4, -0.2) is 38.2 Å². The van der Waals surface area contributed by atoms with Crippen LogP contribution in [0.3, 0.4) is 0 Å². The number of benzene rings is 1. The number of aryl methyl sites for hydroxylation is 1. The van der Waals surface area contributed by atoms with Gasteiger partial charge < -0.3 is 16.2 Å². The number of hydrogen-bond donors (Lipinski definition) is 4. The van der Waals surface area contributed by atoms with Crippen molar-refractivity contribution >= 4 is 17.6 Å². The second-order valence-corrected chi connectivity index (χ2v) is 4.48. The standard InChI is InChI=1S/C13H15N5O3/c1-7-15-12(18-17-7)8-4-2-3-5-10(8)16-13(21)9(14)6-11(19)20/h2-5,9H,6,14H2,1H3,(H,16,21)(H,19,20)(H,15,17,18). The number of aromatic amines is 1. The molecular weight excluding hydrogens is 274 g/mol. The highest BCUT2D eigenvalue weighted by atomic mass is 16.4. The summed E-state index contributed by atoms with van der Waals surface area (Å²) in [7, 11) is 0. The molecule has 0 spiro atoms. The van der Waals surface area contributed by atoms with Gasteiger partial charge in [-0.05, 0) is 19.1 Å². The Morgan fingerprint density at radius 2 is 2.14 bits per heavy atom. The van der Waals surface area contributed by atoms with Gasteiger partial charge in [0.25, 0.3) is 0 Å². The van der Waals surface area contributed by atoms with Crippen LogP contribution in [0.4, 0.5) is 5.69 Å². The third-order valence-corrected chi connectivity index (χ3v) is 2.75. The van der Waals surface area contributed by atoms with E-state index in [0.29, 0.717) is 22.9 Å². The van der Waals surface area contributed by atoms with E-state index in [1.165, 1.54) is 0 Å². The zero-order valence-corrected chi connectivity index (χ0v) is 11.3. The smallest absolute Gasteiger partial charge is 0.305 e. The fourth-order valence-corrected chi connectivity index (χ4v) is 1.76. The lowest BCUT2D eigenvalue weighted by molar-refractivity contribution is -0.138. The summed E-state index contributed by atoms with van der Waals surface area (Å²) in [5.74, 6) is -0.614. The van der Waals surface area contributed by atoms with E-state index in [1.807, 2.05) is 0 Å². The molecule has 0 aliphatic rings. The molecule has 0 bridgehead atoms. The molecule has 1 aromatic heterocycles. The number of rotatable bonds is 5. The number of carbonyl (C=O) groups is 2. The molecule has 8 nitrogen and oxygen atoms in total. The van der Waals surface area contributed by atoms with Crippen LogP contribution in [0.5, 0.6) is 0 Å². The maximum Gasteiger partial charge on any atom is 0.305 e. The van der Waals surface area contributed by atoms with Crippen LogP contribution in [0.25, 0.3) is 11.4 Å². The second kappa shape index (κ2) is 6.14. The quantitative estimate of drug-likeness (QED) is 0.634. The third-order valence-electron chi connectivity index (χ3n) is 2.75. The molecule has 1 amide bonds. The summed E-state index contributed by atoms with van der Waals surface area (Å²) in [5, 5.41) is 18.0. The van der Waals surface area contributed by atoms with E-state index in [4.69, 9.17) is 10.8 Å². The summed E-state index contributed by atoms with van der Waals surface area (Å²) in [6, 6.07) is 5.83. The summed E-state index contributed by atoms with van der Waals surface area (Å²) in [6.07, 6.45) is -0.437. The number of H-pyrrole nitrogens is 1. The Kier molecular flexibility index (Phi) is 4.29. The van der Waals surface area contributed by atoms with E-state index in [0.717, 1.165) is 0 Å². The van der Waals surface area contributed by atoms with E-state index in [-0.39, 0.29) is 0 Å². The third kappa shape index (κ3) is 3.63. The summed E-state index contributed by atoms with van der Waals surface area (Å²) < 4.78 is 0. The van der Waals surface area contributed by atoms with E-state index in [1.54, 1.807) is 31.2 Å². The molecule has 0 fully saturated rings. The molecule has 1 heterocycles. The molecular formula is C13H15N5O3. The topological polar surface area (TPSA) is 134 Å². The first-order valence-corrected chi connectivity index (χ1v) is 6.24. The fraction of sp³-hybridized carbons (Fsp3) is 0.231. The van der Waals surface area contributed by atoms with E-state index < -0.39 is 24.3 Å². The molecule has 8 heteroatoms. The summed E-state index contributed by atoms with van der Waals surface area (Å²) in [6.45, 7) is 1.76. The minimum atomic E-state index is -1.13. The monoisotopic (exact) mass is 289 g/mol. The number of hydrogen-bond acceptors (Lipinski definition) is 5. The number of nitrogens with two attached hydrogens (primary N) is 1. The zero-order valence-electron chi connectivity index (χ0n) is 11.3. The number of amides is 1. The van der Waals surface area contributed by atoms with Gasteiger partial charge in [-0.15, -0.1) is 0 Å². The van der Waals surface area contributed by atoms with Crippen LogP contribution in [-0.2, 0) is 9.59 Å². The maximum atomic E-state index is 11.9. The van der Waals surface area contributed by atoms with Crippen molar-refractivity contribution < 1.29 is 14.7 Å². The van der Waals surface area contributed by atoms with Crippen molar-refractivity contribution in [1.29, 1.82) is 0 Å². The first-order chi connectivity index (χ1) is 9.97. The maximum absolute atomic E-state index is 11.9. The van der Waals surface area contributed by atoms with Gasteiger partial charge in [0, 0.05) is 5.56 Å². The number of aliphatic carboxylic acids is 1. The number of para-hydroxylation sites is 1. The predicted molar refractivity (Wildman–Crippen MR) is 75.4 cm³/mol. The summed E-state index contributed by atoms with van der Waals surface area (Å²) >= 11 is 0. The van der Waals surface area contributed by atoms with Gasteiger partial charge in [0.1, 0.15) is 5.82 Å². The van der Waals surface area contributed by atoms with Crippen molar-refractivity contribution in [2.24, 2.45) is 5.73 Å². The van der Waals surface area contributed by atoms with Crippen LogP contribution in [0.1, 0.15) is 12.2 Å². The normalized spacial score (nSPS) is 11.9. The zero-order chi connectivity index (χ0) is 15.4. The molecule has 1 atom stereocenters. The van der Waals surface area contributed by atoms with Gasteiger partial charge in [-0.3, -0.25) is 14.7 Å². The van der Waals surface area contributed by atoms with Crippen LogP contribution < -0.4 is 11.1 Å². The van der Waals surface area contributed by atoms with Crippen molar-refractivity contribution in [2.75, 3.05) is 5.32 Å². The number of nitrogens with one attached hydrogen (secondary N) is 2. The molecule has 0 aliphatic carbocycles. The Labute approximate surface area is 120 Å². The van der Waals surface area contributed by atoms with Crippen molar-refractivity contribution in [3.63, 3.8) is 0 Å². The highest BCUT2D eigenvalue weighted by Gasteiger charge is 2.19. The van der Waals surface area contributed by atoms with Crippen molar-refractivity contribution in [3.8, 4) is 11.4 Å². The SMILES string of the molecule is Cc1nc(-c2ccccc2NC(=O)C(N)CC(=O)O)n[nH]1. The van der Waals surface area contributed by atoms with Gasteiger partial charge in [0.2, 0.25) is 5.91 Å². The highest BCUT2D eigenvalue weighted by molar-refractivity contribution is 5.99. The van der Waals surface area contributed by atoms with Gasteiger partial charge in [-0.1, -0.05) is 12.1 Å². The lowest BCUT2D eigenvalue weighted by Gasteiger charge is -2.12. The lowest BCUT2D eigenvalue weighted by atomic mass is 10.1. The molecule has 0 saturated heterocycles. The Balaban J connectivity index is 2.21. The van der Waals surface area contributed by atoms with Crippen LogP contribution in [0, 0.1) is 6.92 Å². The van der Waals surface area contributed by atoms with Gasteiger partial charge in [-0.25, -0.2) is 4.98 Å². The van der Waals surface area contributed by atoms with Crippen LogP contribution in [0.2, 0.25) is 0 Å². The number of carbonyl (C=O) groups excluding carboxylic acids is 1. The number of anilines is 1. The van der Waals surface area contributed by atoms with E-state index in [9.17, 15) is 9.59 Å². The molecule has 1 unspecified atom stereocenters. The number of nitrogens with zero attached hydrogens (tertiary/aromatic N) is 2. The minimum absolute atomic E-state index is 0.437. The number of carboxylic acids is 1. The number of aromatic nitrogens is 3. The van der Waals surface area contributed by atoms with Crippen molar-refractivity contribution in [3.05, 3.63) is 30.1 Å². The first-order valence-electron chi connectivity index (χ1n) is 6.24. The first kappa shape index (κ1) is 14.7. The number of carboxylic acid groups (broad SMARTS) is 1. The Hall–Kier alpha value is -2.74. The average molecular weight is 289 g/mol. The molecule has 2 aromatic rings. The minimum Gasteiger partial charge on any atom is -0.481 e. The van der Waals surface area contributed by atoms with Crippen molar-refractivity contribution in [2.45, 2.75) is 19.4 Å². The van der Waals surface area contributed by atoms with Crippen molar-refractivity contribution in [1.82, 2.24) is 15.2 Å². The average Bonchev–Trinajstić information content (AvgIpc) is 2.85. The molecule has 21 heavy (non-hydrogen) atoms. The molecule has 1 aromatic carbocycles. The molecule has 0 aliphatic heterocycles. The molecule has 0 radical (unpaired) electrons. The highest BCUT2D eigenvalue weighted by Crippen LogP contribution is 2.24. The Morgan fingerprint density at radius 3 is 2.76 bits per heavy atom. The molecule has 0 saturated carbocycles. The molecule has 5 N–H and O–H groups in total. The largest absolute Gasteiger partial charge is 0.481 e.